The Kier molecular flexibility index (Phi) is 11.8. The van der Waals surface area contributed by atoms with E-state index in [0.717, 1.165) is 18.4 Å². The van der Waals surface area contributed by atoms with Gasteiger partial charge in [-0.3, -0.25) is 0 Å². The predicted octanol–water partition coefficient (Wildman–Crippen LogP) is 5.14. The van der Waals surface area contributed by atoms with Crippen LogP contribution in [0.2, 0.25) is 0 Å². The van der Waals surface area contributed by atoms with Crippen LogP contribution >= 0.6 is 0 Å². The zero-order valence-electron chi connectivity index (χ0n) is 26.3. The van der Waals surface area contributed by atoms with Gasteiger partial charge in [0.25, 0.3) is 10.0 Å². The molecule has 0 bridgehead atoms. The van der Waals surface area contributed by atoms with E-state index in [1.807, 2.05) is 4.72 Å². The van der Waals surface area contributed by atoms with Crippen molar-refractivity contribution in [2.45, 2.75) is 108 Å². The molecule has 1 fully saturated rings. The summed E-state index contributed by atoms with van der Waals surface area (Å²) in [5.41, 5.74) is -0.0420. The van der Waals surface area contributed by atoms with E-state index in [1.54, 1.807) is 53.9 Å². The Labute approximate surface area is 259 Å². The second-order valence-electron chi connectivity index (χ2n) is 12.7. The number of rotatable bonds is 12. The smallest absolute Gasteiger partial charge is 0.421 e. The van der Waals surface area contributed by atoms with Crippen LogP contribution in [0.4, 0.5) is 21.2 Å². The van der Waals surface area contributed by atoms with E-state index in [2.05, 4.69) is 20.6 Å². The molecule has 0 saturated heterocycles. The molecule has 0 radical (unpaired) electrons. The van der Waals surface area contributed by atoms with Crippen LogP contribution < -0.4 is 20.1 Å². The maximum Gasteiger partial charge on any atom is 0.421 e. The molecule has 13 nitrogen and oxygen atoms in total. The molecule has 1 heterocycles. The molecule has 4 N–H and O–H groups in total. The highest BCUT2D eigenvalue weighted by atomic mass is 32.2. The van der Waals surface area contributed by atoms with Gasteiger partial charge >= 0.3 is 12.2 Å². The van der Waals surface area contributed by atoms with Gasteiger partial charge in [-0.05, 0) is 104 Å². The quantitative estimate of drug-likeness (QED) is 0.227. The Morgan fingerprint density at radius 2 is 1.61 bits per heavy atom. The zero-order valence-corrected chi connectivity index (χ0v) is 27.1. The third-order valence-electron chi connectivity index (χ3n) is 6.40. The summed E-state index contributed by atoms with van der Waals surface area (Å²) < 4.78 is 44.4. The molecular formula is C30H45N5O8S. The summed E-state index contributed by atoms with van der Waals surface area (Å²) in [4.78, 5) is 32.6. The number of amides is 2. The van der Waals surface area contributed by atoms with Crippen LogP contribution in [0.5, 0.6) is 5.75 Å². The van der Waals surface area contributed by atoms with Gasteiger partial charge in [-0.1, -0.05) is 0 Å². The standard InChI is InChI=1S/C30H45N5O8S/c1-29(2,3)42-27(37)31-14-8-7-9-15-41-24-17-22(11-13-25(24)44(39,40)35-28(38)43-30(4,5)6)34-26-32-18-21(19-33-26)20-10-12-23(36)16-20/h11,13,17-20,23,36H,7-10,12,14-16H2,1-6H3,(H,31,37)(H,35,38)(H,32,33,34). The fraction of sp³-hybridized carbons (Fsp3) is 0.600. The number of hydrogen-bond donors (Lipinski definition) is 4. The first-order valence-corrected chi connectivity index (χ1v) is 16.3. The Balaban J connectivity index is 1.66. The number of carbonyl (C=O) groups excluding carboxylic acids is 2. The number of sulfonamides is 1. The normalized spacial score (nSPS) is 17.1. The van der Waals surface area contributed by atoms with E-state index in [-0.39, 0.29) is 29.3 Å². The van der Waals surface area contributed by atoms with Crippen molar-refractivity contribution >= 4 is 33.8 Å². The van der Waals surface area contributed by atoms with E-state index in [1.165, 1.54) is 18.2 Å². The number of unbranched alkanes of at least 4 members (excludes halogenated alkanes) is 2. The second-order valence-corrected chi connectivity index (χ2v) is 14.4. The molecule has 1 aromatic carbocycles. The number of aromatic nitrogens is 2. The third-order valence-corrected chi connectivity index (χ3v) is 7.75. The van der Waals surface area contributed by atoms with Crippen LogP contribution in [0, 0.1) is 0 Å². The SMILES string of the molecule is CC(C)(C)OC(=O)NCCCCCOc1cc(Nc2ncc(C3CCC(O)C3)cn2)ccc1S(=O)(=O)NC(=O)OC(C)(C)C. The average Bonchev–Trinajstić information content (AvgIpc) is 3.32. The van der Waals surface area contributed by atoms with Gasteiger partial charge in [-0.2, -0.15) is 0 Å². The molecule has 244 valence electrons. The highest BCUT2D eigenvalue weighted by molar-refractivity contribution is 7.90. The van der Waals surface area contributed by atoms with E-state index in [4.69, 9.17) is 14.2 Å². The number of benzene rings is 1. The van der Waals surface area contributed by atoms with Gasteiger partial charge in [0.2, 0.25) is 5.95 Å². The lowest BCUT2D eigenvalue weighted by molar-refractivity contribution is 0.0523. The van der Waals surface area contributed by atoms with Gasteiger partial charge in [-0.15, -0.1) is 0 Å². The van der Waals surface area contributed by atoms with E-state index in [9.17, 15) is 23.1 Å². The van der Waals surface area contributed by atoms with Gasteiger partial charge < -0.3 is 30.0 Å². The number of aliphatic hydroxyl groups is 1. The first kappa shape index (κ1) is 34.8. The minimum absolute atomic E-state index is 0.0227. The topological polar surface area (TPSA) is 178 Å². The van der Waals surface area contributed by atoms with Crippen molar-refractivity contribution in [3.63, 3.8) is 0 Å². The second kappa shape index (κ2) is 14.9. The maximum atomic E-state index is 13.1. The van der Waals surface area contributed by atoms with E-state index < -0.39 is 33.4 Å². The summed E-state index contributed by atoms with van der Waals surface area (Å²) >= 11 is 0. The number of hydrogen-bond acceptors (Lipinski definition) is 11. The molecule has 1 aliphatic rings. The maximum absolute atomic E-state index is 13.1. The van der Waals surface area contributed by atoms with Crippen LogP contribution in [-0.4, -0.2) is 66.1 Å². The molecule has 2 atom stereocenters. The highest BCUT2D eigenvalue weighted by Gasteiger charge is 2.27. The lowest BCUT2D eigenvalue weighted by Crippen LogP contribution is -2.36. The number of alkyl carbamates (subject to hydrolysis) is 1. The molecule has 1 aliphatic carbocycles. The summed E-state index contributed by atoms with van der Waals surface area (Å²) in [6, 6.07) is 4.34. The fourth-order valence-electron chi connectivity index (χ4n) is 4.48. The molecule has 0 aliphatic heterocycles. The number of aliphatic hydroxyl groups excluding tert-OH is 1. The average molecular weight is 636 g/mol. The van der Waals surface area contributed by atoms with Crippen molar-refractivity contribution in [1.29, 1.82) is 0 Å². The fourth-order valence-corrected chi connectivity index (χ4v) is 5.48. The van der Waals surface area contributed by atoms with Crippen LogP contribution in [0.25, 0.3) is 0 Å². The Morgan fingerprint density at radius 1 is 0.955 bits per heavy atom. The summed E-state index contributed by atoms with van der Waals surface area (Å²) in [7, 11) is -4.34. The van der Waals surface area contributed by atoms with Gasteiger partial charge in [0.15, 0.2) is 0 Å². The molecule has 1 aromatic heterocycles. The number of nitrogens with one attached hydrogen (secondary N) is 3. The molecule has 44 heavy (non-hydrogen) atoms. The van der Waals surface area contributed by atoms with Gasteiger partial charge in [0.1, 0.15) is 21.8 Å². The van der Waals surface area contributed by atoms with Crippen molar-refractivity contribution in [2.24, 2.45) is 0 Å². The van der Waals surface area contributed by atoms with Crippen molar-refractivity contribution in [1.82, 2.24) is 20.0 Å². The Bertz CT molecular complexity index is 1370. The molecule has 3 rings (SSSR count). The van der Waals surface area contributed by atoms with Crippen LogP contribution in [0.3, 0.4) is 0 Å². The molecule has 14 heteroatoms. The molecule has 2 unspecified atom stereocenters. The summed E-state index contributed by atoms with van der Waals surface area (Å²) in [6.45, 7) is 10.9. The van der Waals surface area contributed by atoms with Gasteiger partial charge in [0, 0.05) is 30.7 Å². The van der Waals surface area contributed by atoms with Gasteiger partial charge in [-0.25, -0.2) is 32.7 Å². The number of carbonyl (C=O) groups is 2. The molecular weight excluding hydrogens is 590 g/mol. The minimum atomic E-state index is -4.34. The molecule has 1 saturated carbocycles. The Hall–Kier alpha value is -3.65. The summed E-state index contributed by atoms with van der Waals surface area (Å²) in [5, 5.41) is 15.6. The third kappa shape index (κ3) is 11.8. The Morgan fingerprint density at radius 3 is 2.23 bits per heavy atom. The lowest BCUT2D eigenvalue weighted by atomic mass is 10.0. The van der Waals surface area contributed by atoms with Crippen LogP contribution in [0.15, 0.2) is 35.5 Å². The largest absolute Gasteiger partial charge is 0.492 e. The summed E-state index contributed by atoms with van der Waals surface area (Å²) in [6.07, 6.45) is 5.81. The molecule has 2 amide bonds. The zero-order chi connectivity index (χ0) is 32.5. The number of ether oxygens (including phenoxy) is 3. The monoisotopic (exact) mass is 635 g/mol. The van der Waals surface area contributed by atoms with Crippen LogP contribution in [-0.2, 0) is 19.5 Å². The minimum Gasteiger partial charge on any atom is -0.492 e. The van der Waals surface area contributed by atoms with Crippen molar-refractivity contribution in [3.05, 3.63) is 36.2 Å². The lowest BCUT2D eigenvalue weighted by Gasteiger charge is -2.20. The van der Waals surface area contributed by atoms with Crippen molar-refractivity contribution < 1.29 is 37.3 Å². The van der Waals surface area contributed by atoms with Crippen LogP contribution in [0.1, 0.15) is 91.5 Å². The first-order valence-electron chi connectivity index (χ1n) is 14.8. The van der Waals surface area contributed by atoms with E-state index in [0.29, 0.717) is 43.9 Å². The van der Waals surface area contributed by atoms with E-state index >= 15 is 0 Å². The summed E-state index contributed by atoms with van der Waals surface area (Å²) in [5.74, 6) is 0.543. The van der Waals surface area contributed by atoms with Gasteiger partial charge in [0.05, 0.1) is 12.7 Å². The highest BCUT2D eigenvalue weighted by Crippen LogP contribution is 2.34. The number of anilines is 2. The number of nitrogens with zero attached hydrogens (tertiary/aromatic N) is 2. The first-order chi connectivity index (χ1) is 20.5. The molecule has 2 aromatic rings. The van der Waals surface area contributed by atoms with Crippen molar-refractivity contribution in [2.75, 3.05) is 18.5 Å². The predicted molar refractivity (Wildman–Crippen MR) is 164 cm³/mol. The van der Waals surface area contributed by atoms with Crippen molar-refractivity contribution in [3.8, 4) is 5.75 Å². The molecule has 0 spiro atoms.